The highest BCUT2D eigenvalue weighted by Gasteiger charge is 2.32. The molecule has 1 amide bonds. The predicted octanol–water partition coefficient (Wildman–Crippen LogP) is 8.84. The van der Waals surface area contributed by atoms with Crippen LogP contribution in [0, 0.1) is 0 Å². The Hall–Kier alpha value is -5.42. The lowest BCUT2D eigenvalue weighted by molar-refractivity contribution is -0.130. The van der Waals surface area contributed by atoms with Crippen LogP contribution in [0.1, 0.15) is 30.5 Å². The number of amides is 1. The lowest BCUT2D eigenvalue weighted by Gasteiger charge is -2.23. The van der Waals surface area contributed by atoms with E-state index in [2.05, 4.69) is 54.6 Å². The molecule has 1 atom stereocenters. The van der Waals surface area contributed by atoms with Crippen molar-refractivity contribution >= 4 is 54.7 Å². The highest BCUT2D eigenvalue weighted by Crippen LogP contribution is 2.41. The number of carbonyl (C=O) groups is 1. The molecule has 8 rings (SSSR count). The molecule has 7 aromatic carbocycles. The van der Waals surface area contributed by atoms with Gasteiger partial charge in [0, 0.05) is 13.3 Å². The molecule has 5 nitrogen and oxygen atoms in total. The Morgan fingerprint density at radius 3 is 2.09 bits per heavy atom. The van der Waals surface area contributed by atoms with E-state index >= 15 is 0 Å². The number of carbonyl (C=O) groups excluding carboxylic acids is 1. The van der Waals surface area contributed by atoms with Gasteiger partial charge in [-0.25, -0.2) is 5.01 Å². The van der Waals surface area contributed by atoms with Gasteiger partial charge >= 0.3 is 0 Å². The van der Waals surface area contributed by atoms with E-state index in [1.807, 2.05) is 54.6 Å². The maximum absolute atomic E-state index is 12.6. The Balaban J connectivity index is 0.000000229. The quantitative estimate of drug-likeness (QED) is 0.219. The Bertz CT molecular complexity index is 2130. The van der Waals surface area contributed by atoms with Crippen LogP contribution in [0.2, 0.25) is 0 Å². The van der Waals surface area contributed by atoms with Crippen LogP contribution in [0.5, 0.6) is 11.5 Å². The van der Waals surface area contributed by atoms with Gasteiger partial charge in [0.15, 0.2) is 0 Å². The van der Waals surface area contributed by atoms with Gasteiger partial charge in [-0.05, 0) is 90.6 Å². The van der Waals surface area contributed by atoms with Crippen molar-refractivity contribution in [3.63, 3.8) is 0 Å². The molecule has 1 aliphatic heterocycles. The van der Waals surface area contributed by atoms with Gasteiger partial charge in [0.05, 0.1) is 18.9 Å². The van der Waals surface area contributed by atoms with Crippen LogP contribution in [0.15, 0.2) is 126 Å². The Labute approximate surface area is 249 Å². The van der Waals surface area contributed by atoms with E-state index < -0.39 is 0 Å². The van der Waals surface area contributed by atoms with Crippen molar-refractivity contribution in [2.75, 3.05) is 7.11 Å². The maximum Gasteiger partial charge on any atom is 0.240 e. The minimum absolute atomic E-state index is 0.0517. The fourth-order valence-electron chi connectivity index (χ4n) is 6.23. The SMILES string of the molecule is COc1ccc(C2=NN(C(C)=O)[C@H](c3ccc4ccc5cccc6ccc3c4c56)C2)cc1.Oc1ccc2ccccc2c1. The number of methoxy groups -OCH3 is 1. The molecule has 5 heteroatoms. The van der Waals surface area contributed by atoms with E-state index in [1.54, 1.807) is 31.2 Å². The van der Waals surface area contributed by atoms with Gasteiger partial charge in [-0.3, -0.25) is 4.79 Å². The third kappa shape index (κ3) is 4.79. The molecule has 1 N–H and O–H groups in total. The molecule has 1 aliphatic rings. The molecule has 0 fully saturated rings. The average Bonchev–Trinajstić information content (AvgIpc) is 3.50. The molecule has 0 radical (unpaired) electrons. The predicted molar refractivity (Wildman–Crippen MR) is 175 cm³/mol. The van der Waals surface area contributed by atoms with Gasteiger partial charge < -0.3 is 9.84 Å². The highest BCUT2D eigenvalue weighted by atomic mass is 16.5. The number of fused-ring (bicyclic) bond motifs is 1. The summed E-state index contributed by atoms with van der Waals surface area (Å²) in [6.07, 6.45) is 0.676. The van der Waals surface area contributed by atoms with Gasteiger partial charge in [-0.2, -0.15) is 5.10 Å². The van der Waals surface area contributed by atoms with E-state index in [4.69, 9.17) is 14.9 Å². The zero-order chi connectivity index (χ0) is 29.5. The summed E-state index contributed by atoms with van der Waals surface area (Å²) in [6.45, 7) is 1.59. The summed E-state index contributed by atoms with van der Waals surface area (Å²) in [6, 6.07) is 40.6. The molecular weight excluding hydrogens is 532 g/mol. The second-order valence-electron chi connectivity index (χ2n) is 10.9. The van der Waals surface area contributed by atoms with Crippen molar-refractivity contribution in [2.24, 2.45) is 5.10 Å². The number of aromatic hydroxyl groups is 1. The van der Waals surface area contributed by atoms with Crippen LogP contribution in [0.25, 0.3) is 43.1 Å². The minimum Gasteiger partial charge on any atom is -0.508 e. The summed E-state index contributed by atoms with van der Waals surface area (Å²) in [4.78, 5) is 12.6. The van der Waals surface area contributed by atoms with E-state index in [-0.39, 0.29) is 11.9 Å². The van der Waals surface area contributed by atoms with Crippen molar-refractivity contribution in [1.29, 1.82) is 0 Å². The van der Waals surface area contributed by atoms with Gasteiger partial charge in [-0.15, -0.1) is 0 Å². The minimum atomic E-state index is -0.130. The van der Waals surface area contributed by atoms with Gasteiger partial charge in [0.1, 0.15) is 11.5 Å². The first-order chi connectivity index (χ1) is 21.0. The van der Waals surface area contributed by atoms with Crippen LogP contribution in [-0.4, -0.2) is 28.8 Å². The molecule has 0 aliphatic carbocycles. The zero-order valence-electron chi connectivity index (χ0n) is 24.0. The summed E-state index contributed by atoms with van der Waals surface area (Å²) < 4.78 is 5.28. The van der Waals surface area contributed by atoms with E-state index in [1.165, 1.54) is 32.3 Å². The molecule has 43 heavy (non-hydrogen) atoms. The molecule has 0 saturated carbocycles. The standard InChI is InChI=1S/C28H22N2O2.C10H8O/c1-17(31)30-26(16-25(29-30)18-8-12-22(32-2)13-9-18)23-14-10-21-7-6-19-4-3-5-20-11-15-24(23)28(21)27(19)20;11-10-6-5-8-3-1-2-4-9(8)7-10/h3-15,26H,16H2,1-2H3;1-7,11H/t26-;/m0./s1. The van der Waals surface area contributed by atoms with Gasteiger partial charge in [-0.1, -0.05) is 84.9 Å². The van der Waals surface area contributed by atoms with Crippen molar-refractivity contribution in [3.8, 4) is 11.5 Å². The molecule has 0 unspecified atom stereocenters. The van der Waals surface area contributed by atoms with Crippen LogP contribution >= 0.6 is 0 Å². The summed E-state index contributed by atoms with van der Waals surface area (Å²) in [5.74, 6) is 1.08. The molecule has 7 aromatic rings. The fourth-order valence-corrected chi connectivity index (χ4v) is 6.23. The zero-order valence-corrected chi connectivity index (χ0v) is 24.0. The third-order valence-electron chi connectivity index (χ3n) is 8.31. The molecule has 0 aromatic heterocycles. The lowest BCUT2D eigenvalue weighted by atomic mass is 9.88. The number of ether oxygens (including phenoxy) is 1. The summed E-state index contributed by atoms with van der Waals surface area (Å²) in [5, 5.41) is 25.2. The van der Waals surface area contributed by atoms with Crippen molar-refractivity contribution < 1.29 is 14.6 Å². The number of hydrogen-bond donors (Lipinski definition) is 1. The summed E-state index contributed by atoms with van der Waals surface area (Å²) >= 11 is 0. The van der Waals surface area contributed by atoms with Gasteiger partial charge in [0.2, 0.25) is 5.91 Å². The Morgan fingerprint density at radius 1 is 0.744 bits per heavy atom. The topological polar surface area (TPSA) is 62.1 Å². The van der Waals surface area contributed by atoms with Gasteiger partial charge in [0.25, 0.3) is 0 Å². The van der Waals surface area contributed by atoms with Crippen LogP contribution in [0.3, 0.4) is 0 Å². The fraction of sp³-hybridized carbons (Fsp3) is 0.105. The Kier molecular flexibility index (Phi) is 6.63. The lowest BCUT2D eigenvalue weighted by Crippen LogP contribution is -2.24. The third-order valence-corrected chi connectivity index (χ3v) is 8.31. The Morgan fingerprint density at radius 2 is 1.37 bits per heavy atom. The van der Waals surface area contributed by atoms with E-state index in [0.29, 0.717) is 12.2 Å². The average molecular weight is 563 g/mol. The molecule has 210 valence electrons. The number of phenolic OH excluding ortho intramolecular Hbond substituents is 1. The molecular formula is C38H30N2O3. The number of hydrazone groups is 1. The van der Waals surface area contributed by atoms with Crippen molar-refractivity contribution in [3.05, 3.63) is 132 Å². The van der Waals surface area contributed by atoms with Crippen molar-refractivity contribution in [2.45, 2.75) is 19.4 Å². The molecule has 0 spiro atoms. The second-order valence-corrected chi connectivity index (χ2v) is 10.9. The number of phenols is 1. The molecule has 1 heterocycles. The number of hydrogen-bond acceptors (Lipinski definition) is 4. The van der Waals surface area contributed by atoms with E-state index in [9.17, 15) is 4.79 Å². The highest BCUT2D eigenvalue weighted by molar-refractivity contribution is 6.23. The second kappa shape index (κ2) is 10.8. The number of rotatable bonds is 3. The van der Waals surface area contributed by atoms with E-state index in [0.717, 1.165) is 33.4 Å². The number of benzene rings is 7. The molecule has 0 bridgehead atoms. The normalized spacial score (nSPS) is 14.7. The van der Waals surface area contributed by atoms with Crippen LogP contribution in [0.4, 0.5) is 0 Å². The first-order valence-corrected chi connectivity index (χ1v) is 14.4. The summed E-state index contributed by atoms with van der Waals surface area (Å²) in [7, 11) is 1.66. The first-order valence-electron chi connectivity index (χ1n) is 14.4. The smallest absolute Gasteiger partial charge is 0.240 e. The largest absolute Gasteiger partial charge is 0.508 e. The maximum atomic E-state index is 12.6. The molecule has 0 saturated heterocycles. The van der Waals surface area contributed by atoms with Crippen LogP contribution < -0.4 is 4.74 Å². The van der Waals surface area contributed by atoms with Crippen molar-refractivity contribution in [1.82, 2.24) is 5.01 Å². The monoisotopic (exact) mass is 562 g/mol. The number of nitrogens with zero attached hydrogens (tertiary/aromatic N) is 2. The first kappa shape index (κ1) is 26.5. The summed E-state index contributed by atoms with van der Waals surface area (Å²) in [5.41, 5.74) is 3.06. The van der Waals surface area contributed by atoms with Crippen LogP contribution in [-0.2, 0) is 4.79 Å².